The normalized spacial score (nSPS) is 19.9. The predicted octanol–water partition coefficient (Wildman–Crippen LogP) is 1.28. The minimum absolute atomic E-state index is 0.0654. The Morgan fingerprint density at radius 1 is 1.44 bits per heavy atom. The summed E-state index contributed by atoms with van der Waals surface area (Å²) in [6.07, 6.45) is 3.26. The fraction of sp³-hybridized carbons (Fsp3) is 0.615. The molecule has 0 spiro atoms. The van der Waals surface area contributed by atoms with Crippen molar-refractivity contribution in [1.82, 2.24) is 14.7 Å². The molecule has 1 saturated heterocycles. The van der Waals surface area contributed by atoms with Crippen molar-refractivity contribution in [3.63, 3.8) is 0 Å². The van der Waals surface area contributed by atoms with E-state index in [1.54, 1.807) is 0 Å². The van der Waals surface area contributed by atoms with Crippen LogP contribution in [0.1, 0.15) is 43.6 Å². The third-order valence-corrected chi connectivity index (χ3v) is 3.45. The average molecular weight is 249 g/mol. The molecule has 0 aromatic carbocycles. The highest BCUT2D eigenvalue weighted by Gasteiger charge is 2.25. The Kier molecular flexibility index (Phi) is 3.79. The van der Waals surface area contributed by atoms with E-state index in [2.05, 4.69) is 12.0 Å². The Balaban J connectivity index is 2.25. The van der Waals surface area contributed by atoms with Crippen LogP contribution >= 0.6 is 0 Å². The minimum Gasteiger partial charge on any atom is -0.335 e. The Hall–Kier alpha value is -1.65. The van der Waals surface area contributed by atoms with Gasteiger partial charge >= 0.3 is 0 Å². The van der Waals surface area contributed by atoms with Gasteiger partial charge in [-0.05, 0) is 39.2 Å². The molecule has 0 aliphatic carbocycles. The van der Waals surface area contributed by atoms with Crippen LogP contribution in [0.3, 0.4) is 0 Å². The molecular formula is C13H19N3O2. The monoisotopic (exact) mass is 249 g/mol. The maximum absolute atomic E-state index is 12.3. The third kappa shape index (κ3) is 2.44. The number of likely N-dealkylation sites (tertiary alicyclic amines) is 1. The highest BCUT2D eigenvalue weighted by Crippen LogP contribution is 2.18. The first-order valence-corrected chi connectivity index (χ1v) is 6.52. The van der Waals surface area contributed by atoms with Crippen molar-refractivity contribution in [1.29, 1.82) is 0 Å². The van der Waals surface area contributed by atoms with E-state index in [0.29, 0.717) is 12.2 Å². The molecule has 18 heavy (non-hydrogen) atoms. The smallest absolute Gasteiger partial charge is 0.274 e. The van der Waals surface area contributed by atoms with E-state index >= 15 is 0 Å². The molecule has 1 fully saturated rings. The highest BCUT2D eigenvalue weighted by atomic mass is 16.2. The topological polar surface area (TPSA) is 55.2 Å². The molecule has 0 saturated carbocycles. The van der Waals surface area contributed by atoms with Gasteiger partial charge in [-0.15, -0.1) is 0 Å². The zero-order chi connectivity index (χ0) is 13.1. The summed E-state index contributed by atoms with van der Waals surface area (Å²) in [5.74, 6) is -0.0654. The van der Waals surface area contributed by atoms with E-state index < -0.39 is 0 Å². The van der Waals surface area contributed by atoms with Gasteiger partial charge in [0.15, 0.2) is 0 Å². The summed E-state index contributed by atoms with van der Waals surface area (Å²) in [5, 5.41) is 4.11. The summed E-state index contributed by atoms with van der Waals surface area (Å²) < 4.78 is 1.32. The number of aromatic nitrogens is 2. The van der Waals surface area contributed by atoms with Gasteiger partial charge in [0, 0.05) is 25.2 Å². The van der Waals surface area contributed by atoms with Gasteiger partial charge in [0.2, 0.25) is 0 Å². The molecule has 1 amide bonds. The third-order valence-electron chi connectivity index (χ3n) is 3.45. The predicted molar refractivity (Wildman–Crippen MR) is 68.5 cm³/mol. The number of carbonyl (C=O) groups excluding carboxylic acids is 1. The Morgan fingerprint density at radius 3 is 2.89 bits per heavy atom. The first-order chi connectivity index (χ1) is 8.63. The maximum Gasteiger partial charge on any atom is 0.274 e. The Labute approximate surface area is 106 Å². The van der Waals surface area contributed by atoms with E-state index in [1.807, 2.05) is 11.8 Å². The number of carbonyl (C=O) groups is 1. The summed E-state index contributed by atoms with van der Waals surface area (Å²) in [6, 6.07) is 3.20. The molecule has 2 heterocycles. The van der Waals surface area contributed by atoms with Gasteiger partial charge in [-0.2, -0.15) is 5.10 Å². The van der Waals surface area contributed by atoms with Crippen molar-refractivity contribution in [2.24, 2.45) is 0 Å². The molecule has 1 unspecified atom stereocenters. The summed E-state index contributed by atoms with van der Waals surface area (Å²) in [6.45, 7) is 5.17. The van der Waals surface area contributed by atoms with Crippen LogP contribution in [0.15, 0.2) is 16.9 Å². The number of hydrogen-bond donors (Lipinski definition) is 0. The molecular weight excluding hydrogens is 230 g/mol. The second kappa shape index (κ2) is 5.33. The number of amides is 1. The summed E-state index contributed by atoms with van der Waals surface area (Å²) in [4.78, 5) is 25.6. The SMILES string of the molecule is CCn1nc(C(=O)N2CCCCC2C)ccc1=O. The lowest BCUT2D eigenvalue weighted by atomic mass is 10.0. The van der Waals surface area contributed by atoms with Crippen LogP contribution in [0, 0.1) is 0 Å². The quantitative estimate of drug-likeness (QED) is 0.793. The Bertz CT molecular complexity index is 495. The van der Waals surface area contributed by atoms with Crippen molar-refractivity contribution in [3.05, 3.63) is 28.2 Å². The van der Waals surface area contributed by atoms with Crippen LogP contribution in [0.25, 0.3) is 0 Å². The first-order valence-electron chi connectivity index (χ1n) is 6.52. The number of rotatable bonds is 2. The molecule has 1 aromatic heterocycles. The Morgan fingerprint density at radius 2 is 2.22 bits per heavy atom. The van der Waals surface area contributed by atoms with Crippen LogP contribution in [0.2, 0.25) is 0 Å². The zero-order valence-electron chi connectivity index (χ0n) is 10.9. The van der Waals surface area contributed by atoms with E-state index in [9.17, 15) is 9.59 Å². The van der Waals surface area contributed by atoms with Crippen LogP contribution in [0.5, 0.6) is 0 Å². The number of aryl methyl sites for hydroxylation is 1. The van der Waals surface area contributed by atoms with Gasteiger partial charge in [-0.1, -0.05) is 0 Å². The van der Waals surface area contributed by atoms with Crippen molar-refractivity contribution in [2.45, 2.75) is 45.7 Å². The first kappa shape index (κ1) is 12.8. The van der Waals surface area contributed by atoms with E-state index in [-0.39, 0.29) is 17.5 Å². The standard InChI is InChI=1S/C13H19N3O2/c1-3-16-12(17)8-7-11(14-16)13(18)15-9-5-4-6-10(15)2/h7-8,10H,3-6,9H2,1-2H3. The fourth-order valence-electron chi connectivity index (χ4n) is 2.34. The van der Waals surface area contributed by atoms with Crippen molar-refractivity contribution < 1.29 is 4.79 Å². The molecule has 1 aliphatic rings. The molecule has 1 aliphatic heterocycles. The van der Waals surface area contributed by atoms with Crippen LogP contribution in [-0.2, 0) is 6.54 Å². The van der Waals surface area contributed by atoms with Crippen LogP contribution < -0.4 is 5.56 Å². The molecule has 98 valence electrons. The van der Waals surface area contributed by atoms with Gasteiger partial charge < -0.3 is 4.90 Å². The molecule has 0 radical (unpaired) electrons. The van der Waals surface area contributed by atoms with Crippen molar-refractivity contribution in [3.8, 4) is 0 Å². The van der Waals surface area contributed by atoms with Gasteiger partial charge in [-0.3, -0.25) is 9.59 Å². The number of piperidine rings is 1. The molecule has 2 rings (SSSR count). The zero-order valence-corrected chi connectivity index (χ0v) is 10.9. The van der Waals surface area contributed by atoms with Crippen molar-refractivity contribution >= 4 is 5.91 Å². The maximum atomic E-state index is 12.3. The van der Waals surface area contributed by atoms with E-state index in [4.69, 9.17) is 0 Å². The summed E-state index contributed by atoms with van der Waals surface area (Å²) >= 11 is 0. The van der Waals surface area contributed by atoms with E-state index in [1.165, 1.54) is 23.2 Å². The molecule has 0 bridgehead atoms. The molecule has 5 nitrogen and oxygen atoms in total. The minimum atomic E-state index is -0.166. The number of hydrogen-bond acceptors (Lipinski definition) is 3. The molecule has 0 N–H and O–H groups in total. The highest BCUT2D eigenvalue weighted by molar-refractivity contribution is 5.92. The van der Waals surface area contributed by atoms with Crippen LogP contribution in [0.4, 0.5) is 0 Å². The average Bonchev–Trinajstić information content (AvgIpc) is 2.39. The summed E-state index contributed by atoms with van der Waals surface area (Å²) in [5.41, 5.74) is 0.200. The summed E-state index contributed by atoms with van der Waals surface area (Å²) in [7, 11) is 0. The van der Waals surface area contributed by atoms with Gasteiger partial charge in [0.25, 0.3) is 11.5 Å². The van der Waals surface area contributed by atoms with Gasteiger partial charge in [0.05, 0.1) is 0 Å². The lowest BCUT2D eigenvalue weighted by Crippen LogP contribution is -2.43. The largest absolute Gasteiger partial charge is 0.335 e. The second-order valence-corrected chi connectivity index (χ2v) is 4.72. The van der Waals surface area contributed by atoms with Gasteiger partial charge in [-0.25, -0.2) is 4.68 Å². The van der Waals surface area contributed by atoms with Crippen molar-refractivity contribution in [2.75, 3.05) is 6.54 Å². The van der Waals surface area contributed by atoms with Crippen LogP contribution in [-0.4, -0.2) is 33.2 Å². The van der Waals surface area contributed by atoms with E-state index in [0.717, 1.165) is 19.4 Å². The lowest BCUT2D eigenvalue weighted by Gasteiger charge is -2.33. The second-order valence-electron chi connectivity index (χ2n) is 4.72. The lowest BCUT2D eigenvalue weighted by molar-refractivity contribution is 0.0626. The van der Waals surface area contributed by atoms with Gasteiger partial charge in [0.1, 0.15) is 5.69 Å². The number of nitrogens with zero attached hydrogens (tertiary/aromatic N) is 3. The molecule has 1 atom stereocenters. The molecule has 1 aromatic rings. The molecule has 5 heteroatoms. The fourth-order valence-corrected chi connectivity index (χ4v) is 2.34.